The number of anilines is 1. The highest BCUT2D eigenvalue weighted by Gasteiger charge is 2.35. The van der Waals surface area contributed by atoms with Crippen molar-refractivity contribution >= 4 is 28.8 Å². The number of nitrogens with zero attached hydrogens (tertiary/aromatic N) is 5. The summed E-state index contributed by atoms with van der Waals surface area (Å²) in [6.45, 7) is 0.399. The van der Waals surface area contributed by atoms with Gasteiger partial charge in [-0.2, -0.15) is 23.4 Å². The molecule has 0 radical (unpaired) electrons. The largest absolute Gasteiger partial charge is 0.433 e. The summed E-state index contributed by atoms with van der Waals surface area (Å²) in [7, 11) is 0. The SMILES string of the molecule is O=C(Nc1cnn(Cc2cccc(Cl)c2)c1)c1cc2nc(-c3ccc(F)cc3)cc(C(F)(F)F)n2n1. The molecule has 3 heterocycles. The number of aromatic nitrogens is 5. The first kappa shape index (κ1) is 23.5. The van der Waals surface area contributed by atoms with Gasteiger partial charge in [0.1, 0.15) is 5.82 Å². The molecular formula is C24H15ClF4N6O. The van der Waals surface area contributed by atoms with Gasteiger partial charge in [-0.15, -0.1) is 0 Å². The maximum atomic E-state index is 13.8. The van der Waals surface area contributed by atoms with Crippen LogP contribution in [0, 0.1) is 5.82 Å². The molecule has 36 heavy (non-hydrogen) atoms. The Labute approximate surface area is 206 Å². The van der Waals surface area contributed by atoms with E-state index in [-0.39, 0.29) is 22.6 Å². The molecule has 0 spiro atoms. The van der Waals surface area contributed by atoms with E-state index in [0.717, 1.165) is 29.8 Å². The molecule has 5 rings (SSSR count). The van der Waals surface area contributed by atoms with Gasteiger partial charge in [0.05, 0.1) is 24.1 Å². The number of alkyl halides is 3. The minimum absolute atomic E-state index is 0.0380. The molecular weight excluding hydrogens is 500 g/mol. The lowest BCUT2D eigenvalue weighted by molar-refractivity contribution is -0.142. The van der Waals surface area contributed by atoms with Crippen LogP contribution in [0.4, 0.5) is 23.2 Å². The zero-order chi connectivity index (χ0) is 25.4. The van der Waals surface area contributed by atoms with Crippen LogP contribution in [0.25, 0.3) is 16.9 Å². The highest BCUT2D eigenvalue weighted by atomic mass is 35.5. The molecule has 5 aromatic rings. The predicted octanol–water partition coefficient (Wildman–Crippen LogP) is 5.70. The average Bonchev–Trinajstić information content (AvgIpc) is 3.45. The molecule has 0 unspecified atom stereocenters. The van der Waals surface area contributed by atoms with Gasteiger partial charge in [-0.3, -0.25) is 9.48 Å². The van der Waals surface area contributed by atoms with Gasteiger partial charge in [-0.05, 0) is 48.0 Å². The first-order valence-electron chi connectivity index (χ1n) is 10.5. The standard InChI is InChI=1S/C24H15ClF4N6O/c25-16-3-1-2-14(8-16)12-34-13-18(11-30-34)31-23(36)20-10-22-32-19(15-4-6-17(26)7-5-15)9-21(24(27,28)29)35(22)33-20/h1-11,13H,12H2,(H,31,36). The van der Waals surface area contributed by atoms with Gasteiger partial charge in [0.2, 0.25) is 0 Å². The second-order valence-corrected chi connectivity index (χ2v) is 8.28. The topological polar surface area (TPSA) is 77.1 Å². The number of benzene rings is 2. The fourth-order valence-corrected chi connectivity index (χ4v) is 3.80. The van der Waals surface area contributed by atoms with Gasteiger partial charge in [-0.25, -0.2) is 13.9 Å². The fraction of sp³-hybridized carbons (Fsp3) is 0.0833. The molecule has 1 amide bonds. The van der Waals surface area contributed by atoms with Crippen molar-refractivity contribution in [1.29, 1.82) is 0 Å². The summed E-state index contributed by atoms with van der Waals surface area (Å²) in [6, 6.07) is 14.0. The Balaban J connectivity index is 1.42. The van der Waals surface area contributed by atoms with Crippen molar-refractivity contribution in [3.05, 3.63) is 101 Å². The maximum Gasteiger partial charge on any atom is 0.433 e. The molecule has 0 aliphatic carbocycles. The minimum Gasteiger partial charge on any atom is -0.318 e. The molecule has 0 aliphatic rings. The lowest BCUT2D eigenvalue weighted by atomic mass is 10.1. The van der Waals surface area contributed by atoms with Crippen molar-refractivity contribution in [1.82, 2.24) is 24.4 Å². The normalized spacial score (nSPS) is 11.7. The quantitative estimate of drug-likeness (QED) is 0.305. The second kappa shape index (κ2) is 9.08. The third-order valence-corrected chi connectivity index (χ3v) is 5.45. The van der Waals surface area contributed by atoms with E-state index in [1.165, 1.54) is 18.3 Å². The number of hydrogen-bond donors (Lipinski definition) is 1. The van der Waals surface area contributed by atoms with Crippen LogP contribution in [-0.4, -0.2) is 30.3 Å². The highest BCUT2D eigenvalue weighted by Crippen LogP contribution is 2.32. The van der Waals surface area contributed by atoms with Crippen molar-refractivity contribution in [2.45, 2.75) is 12.7 Å². The van der Waals surface area contributed by atoms with Crippen LogP contribution in [-0.2, 0) is 12.7 Å². The van der Waals surface area contributed by atoms with Gasteiger partial charge in [0.25, 0.3) is 5.91 Å². The fourth-order valence-electron chi connectivity index (χ4n) is 3.59. The monoisotopic (exact) mass is 514 g/mol. The smallest absolute Gasteiger partial charge is 0.318 e. The summed E-state index contributed by atoms with van der Waals surface area (Å²) in [5.41, 5.74) is -0.118. The molecule has 0 bridgehead atoms. The Morgan fingerprint density at radius 1 is 1.06 bits per heavy atom. The Morgan fingerprint density at radius 3 is 2.56 bits per heavy atom. The molecule has 0 saturated carbocycles. The van der Waals surface area contributed by atoms with Crippen molar-refractivity contribution in [3.8, 4) is 11.3 Å². The lowest BCUT2D eigenvalue weighted by Gasteiger charge is -2.11. The summed E-state index contributed by atoms with van der Waals surface area (Å²) in [5, 5.41) is 11.2. The summed E-state index contributed by atoms with van der Waals surface area (Å²) in [4.78, 5) is 16.9. The molecule has 182 valence electrons. The van der Waals surface area contributed by atoms with Crippen LogP contribution in [0.2, 0.25) is 5.02 Å². The molecule has 0 aliphatic heterocycles. The van der Waals surface area contributed by atoms with Gasteiger partial charge in [0, 0.05) is 22.8 Å². The molecule has 0 fully saturated rings. The molecule has 0 atom stereocenters. The molecule has 2 aromatic carbocycles. The number of nitrogens with one attached hydrogen (secondary N) is 1. The van der Waals surface area contributed by atoms with Crippen LogP contribution in [0.3, 0.4) is 0 Å². The van der Waals surface area contributed by atoms with E-state index < -0.39 is 23.6 Å². The Hall–Kier alpha value is -4.25. The van der Waals surface area contributed by atoms with E-state index in [1.54, 1.807) is 29.1 Å². The van der Waals surface area contributed by atoms with E-state index in [2.05, 4.69) is 20.5 Å². The predicted molar refractivity (Wildman–Crippen MR) is 124 cm³/mol. The number of carbonyl (C=O) groups excluding carboxylic acids is 1. The third-order valence-electron chi connectivity index (χ3n) is 5.21. The van der Waals surface area contributed by atoms with Gasteiger partial charge < -0.3 is 5.32 Å². The van der Waals surface area contributed by atoms with Gasteiger partial charge >= 0.3 is 6.18 Å². The molecule has 7 nitrogen and oxygen atoms in total. The summed E-state index contributed by atoms with van der Waals surface area (Å²) in [5.74, 6) is -1.27. The van der Waals surface area contributed by atoms with E-state index in [4.69, 9.17) is 11.6 Å². The van der Waals surface area contributed by atoms with Crippen molar-refractivity contribution < 1.29 is 22.4 Å². The third kappa shape index (κ3) is 4.91. The highest BCUT2D eigenvalue weighted by molar-refractivity contribution is 6.30. The maximum absolute atomic E-state index is 13.8. The van der Waals surface area contributed by atoms with Gasteiger partial charge in [0.15, 0.2) is 17.0 Å². The Kier molecular flexibility index (Phi) is 5.92. The number of hydrogen-bond acceptors (Lipinski definition) is 4. The summed E-state index contributed by atoms with van der Waals surface area (Å²) in [6.07, 6.45) is -1.80. The number of halogens is 5. The second-order valence-electron chi connectivity index (χ2n) is 7.84. The van der Waals surface area contributed by atoms with E-state index >= 15 is 0 Å². The number of fused-ring (bicyclic) bond motifs is 1. The van der Waals surface area contributed by atoms with Crippen LogP contribution >= 0.6 is 11.6 Å². The number of amides is 1. The van der Waals surface area contributed by atoms with Crippen molar-refractivity contribution in [2.24, 2.45) is 0 Å². The van der Waals surface area contributed by atoms with Crippen molar-refractivity contribution in [2.75, 3.05) is 5.32 Å². The van der Waals surface area contributed by atoms with Crippen LogP contribution < -0.4 is 5.32 Å². The molecule has 3 aromatic heterocycles. The van der Waals surface area contributed by atoms with Crippen LogP contribution in [0.15, 0.2) is 73.1 Å². The van der Waals surface area contributed by atoms with E-state index in [9.17, 15) is 22.4 Å². The summed E-state index contributed by atoms with van der Waals surface area (Å²) < 4.78 is 56.7. The lowest BCUT2D eigenvalue weighted by Crippen LogP contribution is -2.15. The minimum atomic E-state index is -4.78. The number of carbonyl (C=O) groups is 1. The molecule has 0 saturated heterocycles. The Bertz CT molecular complexity index is 1580. The molecule has 1 N–H and O–H groups in total. The van der Waals surface area contributed by atoms with E-state index in [0.29, 0.717) is 21.8 Å². The van der Waals surface area contributed by atoms with E-state index in [1.807, 2.05) is 6.07 Å². The van der Waals surface area contributed by atoms with Crippen molar-refractivity contribution in [3.63, 3.8) is 0 Å². The Morgan fingerprint density at radius 2 is 1.83 bits per heavy atom. The molecule has 12 heteroatoms. The zero-order valence-electron chi connectivity index (χ0n) is 18.2. The summed E-state index contributed by atoms with van der Waals surface area (Å²) >= 11 is 5.99. The van der Waals surface area contributed by atoms with Crippen LogP contribution in [0.5, 0.6) is 0 Å². The zero-order valence-corrected chi connectivity index (χ0v) is 18.9. The first-order valence-corrected chi connectivity index (χ1v) is 10.9. The first-order chi connectivity index (χ1) is 17.2. The average molecular weight is 515 g/mol. The number of rotatable bonds is 5. The van der Waals surface area contributed by atoms with Crippen LogP contribution in [0.1, 0.15) is 21.7 Å². The van der Waals surface area contributed by atoms with Gasteiger partial charge in [-0.1, -0.05) is 23.7 Å².